The number of benzene rings is 1. The maximum atomic E-state index is 14.8. The monoisotopic (exact) mass is 462 g/mol. The van der Waals surface area contributed by atoms with Crippen LogP contribution in [0, 0.1) is 5.82 Å². The highest BCUT2D eigenvalue weighted by atomic mass is 32.2. The van der Waals surface area contributed by atoms with Crippen molar-refractivity contribution in [3.63, 3.8) is 0 Å². The Morgan fingerprint density at radius 1 is 1.38 bits per heavy atom. The Morgan fingerprint density at radius 3 is 2.81 bits per heavy atom. The minimum atomic E-state index is -1.26. The van der Waals surface area contributed by atoms with E-state index < -0.39 is 28.2 Å². The van der Waals surface area contributed by atoms with Crippen LogP contribution in [0.5, 0.6) is 5.88 Å². The highest BCUT2D eigenvalue weighted by Crippen LogP contribution is 2.39. The second kappa shape index (κ2) is 8.65. The number of anilines is 2. The normalized spacial score (nSPS) is 23.7. The second-order valence-electron chi connectivity index (χ2n) is 8.47. The van der Waals surface area contributed by atoms with E-state index >= 15 is 0 Å². The van der Waals surface area contributed by atoms with Crippen molar-refractivity contribution in [1.29, 1.82) is 0 Å². The highest BCUT2D eigenvalue weighted by molar-refractivity contribution is 7.84. The summed E-state index contributed by atoms with van der Waals surface area (Å²) in [6.07, 6.45) is 4.28. The third kappa shape index (κ3) is 4.03. The lowest BCUT2D eigenvalue weighted by atomic mass is 9.84. The largest absolute Gasteiger partial charge is 0.474 e. The van der Waals surface area contributed by atoms with Gasteiger partial charge in [0.2, 0.25) is 5.88 Å². The predicted molar refractivity (Wildman–Crippen MR) is 119 cm³/mol. The number of ether oxygens (including phenoxy) is 1. The van der Waals surface area contributed by atoms with Crippen molar-refractivity contribution in [2.45, 2.75) is 56.1 Å². The molecule has 0 aliphatic carbocycles. The van der Waals surface area contributed by atoms with Crippen LogP contribution in [0.2, 0.25) is 0 Å². The van der Waals surface area contributed by atoms with Gasteiger partial charge in [-0.2, -0.15) is 0 Å². The van der Waals surface area contributed by atoms with E-state index in [4.69, 9.17) is 4.74 Å². The molecule has 1 aromatic carbocycles. The van der Waals surface area contributed by atoms with Crippen LogP contribution >= 0.6 is 0 Å². The fourth-order valence-electron chi connectivity index (χ4n) is 4.56. The van der Waals surface area contributed by atoms with Gasteiger partial charge in [0, 0.05) is 53.4 Å². The van der Waals surface area contributed by atoms with E-state index in [1.54, 1.807) is 17.0 Å². The molecule has 32 heavy (non-hydrogen) atoms. The van der Waals surface area contributed by atoms with Gasteiger partial charge in [0.25, 0.3) is 0 Å². The standard InChI is InChI=1S/C22H27FN4O4S/c1-4-22(2)12-14(7-10-27(22)21(28)29)31-20-16-8-9-26(19(16)24-13-25-20)18-6-5-15(32(3)30)11-17(18)23/h5-6,11,13-14H,4,7-10,12H2,1-3H3,(H,28,29)/t14?,22?,32-/m0/s1. The van der Waals surface area contributed by atoms with Gasteiger partial charge in [0.15, 0.2) is 0 Å². The Labute approximate surface area is 188 Å². The van der Waals surface area contributed by atoms with E-state index in [-0.39, 0.29) is 6.10 Å². The van der Waals surface area contributed by atoms with Crippen molar-refractivity contribution in [2.24, 2.45) is 0 Å². The van der Waals surface area contributed by atoms with E-state index in [0.29, 0.717) is 61.1 Å². The van der Waals surface area contributed by atoms with Gasteiger partial charge in [-0.1, -0.05) is 6.92 Å². The summed E-state index contributed by atoms with van der Waals surface area (Å²) < 4.78 is 32.7. The van der Waals surface area contributed by atoms with Crippen LogP contribution in [0.1, 0.15) is 38.7 Å². The molecule has 0 saturated carbocycles. The fourth-order valence-corrected chi connectivity index (χ4v) is 5.08. The lowest BCUT2D eigenvalue weighted by molar-refractivity contribution is 0.00343. The second-order valence-corrected chi connectivity index (χ2v) is 9.85. The zero-order chi connectivity index (χ0) is 23.0. The molecule has 1 N–H and O–H groups in total. The van der Waals surface area contributed by atoms with Gasteiger partial charge in [0.1, 0.15) is 24.1 Å². The molecule has 1 amide bonds. The van der Waals surface area contributed by atoms with Gasteiger partial charge in [-0.3, -0.25) is 4.21 Å². The van der Waals surface area contributed by atoms with Crippen LogP contribution in [0.4, 0.5) is 20.7 Å². The number of carbonyl (C=O) groups is 1. The molecule has 1 saturated heterocycles. The Kier molecular flexibility index (Phi) is 6.07. The molecule has 3 atom stereocenters. The molecule has 2 aliphatic heterocycles. The number of nitrogens with zero attached hydrogens (tertiary/aromatic N) is 4. The molecule has 2 aliphatic rings. The molecular formula is C22H27FN4O4S. The molecule has 2 unspecified atom stereocenters. The average molecular weight is 463 g/mol. The molecule has 172 valence electrons. The van der Waals surface area contributed by atoms with Crippen LogP contribution < -0.4 is 9.64 Å². The van der Waals surface area contributed by atoms with Crippen LogP contribution in [0.15, 0.2) is 29.4 Å². The number of rotatable bonds is 5. The van der Waals surface area contributed by atoms with Gasteiger partial charge in [0.05, 0.1) is 11.3 Å². The topological polar surface area (TPSA) is 95.9 Å². The van der Waals surface area contributed by atoms with Crippen molar-refractivity contribution in [2.75, 3.05) is 24.2 Å². The number of piperidine rings is 1. The first kappa shape index (κ1) is 22.4. The summed E-state index contributed by atoms with van der Waals surface area (Å²) in [6, 6.07) is 4.58. The fraction of sp³-hybridized carbons (Fsp3) is 0.500. The SMILES string of the molecule is CCC1(C)CC(Oc2ncnc3c2CCN3c2ccc([S@](C)=O)cc2F)CCN1C(=O)O. The smallest absolute Gasteiger partial charge is 0.407 e. The number of hydrogen-bond acceptors (Lipinski definition) is 6. The van der Waals surface area contributed by atoms with Gasteiger partial charge in [-0.15, -0.1) is 0 Å². The molecule has 1 aromatic heterocycles. The van der Waals surface area contributed by atoms with Crippen molar-refractivity contribution in [3.05, 3.63) is 35.9 Å². The van der Waals surface area contributed by atoms with E-state index in [2.05, 4.69) is 9.97 Å². The summed E-state index contributed by atoms with van der Waals surface area (Å²) in [6.45, 7) is 4.85. The maximum absolute atomic E-state index is 14.8. The zero-order valence-corrected chi connectivity index (χ0v) is 19.2. The van der Waals surface area contributed by atoms with Gasteiger partial charge in [-0.25, -0.2) is 19.2 Å². The Bertz CT molecular complexity index is 1070. The van der Waals surface area contributed by atoms with Crippen molar-refractivity contribution < 1.29 is 23.2 Å². The Morgan fingerprint density at radius 2 is 2.16 bits per heavy atom. The molecular weight excluding hydrogens is 435 g/mol. The molecule has 1 fully saturated rings. The summed E-state index contributed by atoms with van der Waals surface area (Å²) in [7, 11) is -1.26. The van der Waals surface area contributed by atoms with Crippen LogP contribution in [0.3, 0.4) is 0 Å². The van der Waals surface area contributed by atoms with E-state index in [0.717, 1.165) is 5.56 Å². The number of amides is 1. The minimum absolute atomic E-state index is 0.167. The molecule has 2 aromatic rings. The van der Waals surface area contributed by atoms with Crippen molar-refractivity contribution >= 4 is 28.4 Å². The zero-order valence-electron chi connectivity index (χ0n) is 18.4. The summed E-state index contributed by atoms with van der Waals surface area (Å²) in [5.74, 6) is 0.614. The summed E-state index contributed by atoms with van der Waals surface area (Å²) in [5.41, 5.74) is 0.686. The number of aromatic nitrogens is 2. The summed E-state index contributed by atoms with van der Waals surface area (Å²) in [5, 5.41) is 9.53. The van der Waals surface area contributed by atoms with Crippen molar-refractivity contribution in [3.8, 4) is 5.88 Å². The quantitative estimate of drug-likeness (QED) is 0.723. The Hall–Kier alpha value is -2.75. The van der Waals surface area contributed by atoms with Crippen LogP contribution in [-0.2, 0) is 17.2 Å². The van der Waals surface area contributed by atoms with Gasteiger partial charge >= 0.3 is 6.09 Å². The number of fused-ring (bicyclic) bond motifs is 1. The lowest BCUT2D eigenvalue weighted by Gasteiger charge is -2.45. The first-order valence-corrected chi connectivity index (χ1v) is 12.2. The molecule has 0 spiro atoms. The lowest BCUT2D eigenvalue weighted by Crippen LogP contribution is -2.56. The van der Waals surface area contributed by atoms with Gasteiger partial charge in [-0.05, 0) is 38.0 Å². The first-order chi connectivity index (χ1) is 15.2. The number of halogens is 1. The maximum Gasteiger partial charge on any atom is 0.407 e. The molecule has 8 nitrogen and oxygen atoms in total. The van der Waals surface area contributed by atoms with E-state index in [9.17, 15) is 18.5 Å². The molecule has 0 radical (unpaired) electrons. The molecule has 10 heteroatoms. The van der Waals surface area contributed by atoms with Gasteiger partial charge < -0.3 is 19.6 Å². The van der Waals surface area contributed by atoms with Crippen LogP contribution in [-0.4, -0.2) is 61.3 Å². The number of hydrogen-bond donors (Lipinski definition) is 1. The molecule has 3 heterocycles. The predicted octanol–water partition coefficient (Wildman–Crippen LogP) is 3.74. The average Bonchev–Trinajstić information content (AvgIpc) is 3.18. The molecule has 0 bridgehead atoms. The minimum Gasteiger partial charge on any atom is -0.474 e. The first-order valence-electron chi connectivity index (χ1n) is 10.6. The summed E-state index contributed by atoms with van der Waals surface area (Å²) in [4.78, 5) is 24.0. The summed E-state index contributed by atoms with van der Waals surface area (Å²) >= 11 is 0. The molecule has 4 rings (SSSR count). The highest BCUT2D eigenvalue weighted by Gasteiger charge is 2.41. The number of carboxylic acid groups (broad SMARTS) is 1. The third-order valence-corrected chi connectivity index (χ3v) is 7.45. The van der Waals surface area contributed by atoms with Crippen LogP contribution in [0.25, 0.3) is 0 Å². The van der Waals surface area contributed by atoms with Crippen molar-refractivity contribution in [1.82, 2.24) is 14.9 Å². The van der Waals surface area contributed by atoms with E-state index in [1.165, 1.54) is 23.5 Å². The third-order valence-electron chi connectivity index (χ3n) is 6.53. The number of likely N-dealkylation sites (tertiary alicyclic amines) is 1. The van der Waals surface area contributed by atoms with E-state index in [1.807, 2.05) is 13.8 Å². The Balaban J connectivity index is 1.57.